The Balaban J connectivity index is 0.675. The Morgan fingerprint density at radius 3 is 2.24 bits per heavy atom. The zero-order valence-corrected chi connectivity index (χ0v) is 55.1. The maximum atomic E-state index is 14.2. The molecule has 0 spiro atoms. The number of para-hydroxylation sites is 1. The molecule has 2 aliphatic heterocycles. The van der Waals surface area contributed by atoms with Crippen LogP contribution in [0.25, 0.3) is 33.7 Å². The lowest BCUT2D eigenvalue weighted by molar-refractivity contribution is -0.140. The number of amides is 7. The van der Waals surface area contributed by atoms with E-state index >= 15 is 0 Å². The van der Waals surface area contributed by atoms with Gasteiger partial charge in [-0.1, -0.05) is 61.5 Å². The molecular formula is C65H84N16O12S. The molecule has 3 aromatic carbocycles. The van der Waals surface area contributed by atoms with Crippen molar-refractivity contribution in [2.75, 3.05) is 67.6 Å². The Morgan fingerprint density at radius 2 is 1.50 bits per heavy atom. The van der Waals surface area contributed by atoms with Gasteiger partial charge in [-0.25, -0.2) is 19.4 Å². The Bertz CT molecular complexity index is 3800. The number of nitrogens with zero attached hydrogens (tertiary/aromatic N) is 8. The fraction of sp³-hybridized carbons (Fsp3) is 0.477. The highest BCUT2D eigenvalue weighted by atomic mass is 32.2. The van der Waals surface area contributed by atoms with Crippen LogP contribution in [0.5, 0.6) is 0 Å². The molecule has 0 radical (unpaired) electrons. The highest BCUT2D eigenvalue weighted by Crippen LogP contribution is 2.43. The Morgan fingerprint density at radius 1 is 0.809 bits per heavy atom. The first-order chi connectivity index (χ1) is 44.7. The number of H-pyrrole nitrogens is 1. The van der Waals surface area contributed by atoms with Gasteiger partial charge in [0.1, 0.15) is 11.7 Å². The third-order valence-corrected chi connectivity index (χ3v) is 17.0. The maximum Gasteiger partial charge on any atom is 0.326 e. The van der Waals surface area contributed by atoms with Crippen LogP contribution < -0.4 is 48.1 Å². The van der Waals surface area contributed by atoms with E-state index in [-0.39, 0.29) is 137 Å². The SMILES string of the molecule is CC(C)NCC(C)(C)n1nnc2c1-c1ccccc1N(C(=O)CCNC(=O)CCC(C)(C)OCC(C)(C)OCCNC(=O)CCN1C(=O)CC(SCCNC(=O)CCC(NC(=O)c3ccc(NCc4cnc5nc(N)[nH]c(=O)c5n4)cc3)C(=O)O)C1=O)Cc1ccccc1-2. The zero-order chi connectivity index (χ0) is 67.9. The van der Waals surface area contributed by atoms with Crippen molar-refractivity contribution in [1.29, 1.82) is 0 Å². The quantitative estimate of drug-likeness (QED) is 0.0203. The number of ether oxygens (including phenoxy) is 2. The first kappa shape index (κ1) is 70.7. The Hall–Kier alpha value is -9.19. The molecule has 2 aliphatic rings. The number of nitrogens with one attached hydrogen (secondary N) is 7. The number of anilines is 3. The summed E-state index contributed by atoms with van der Waals surface area (Å²) in [6.07, 6.45) is 1.46. The number of rotatable bonds is 33. The topological polar surface area (TPSA) is 382 Å². The molecule has 28 nitrogen and oxygen atoms in total. The van der Waals surface area contributed by atoms with Crippen molar-refractivity contribution in [3.8, 4) is 22.5 Å². The van der Waals surface area contributed by atoms with Gasteiger partial charge in [0, 0.05) is 99.0 Å². The first-order valence-electron chi connectivity index (χ1n) is 31.3. The molecule has 3 aromatic heterocycles. The molecule has 0 bridgehead atoms. The fourth-order valence-corrected chi connectivity index (χ4v) is 11.5. The average Bonchev–Trinajstić information content (AvgIpc) is 1.50. The molecule has 5 heterocycles. The summed E-state index contributed by atoms with van der Waals surface area (Å²) in [7, 11) is 0. The normalized spacial score (nSPS) is 14.4. The number of hydrogen-bond donors (Lipinski definition) is 9. The van der Waals surface area contributed by atoms with Gasteiger partial charge < -0.3 is 57.1 Å². The predicted molar refractivity (Wildman–Crippen MR) is 354 cm³/mol. The molecule has 0 aliphatic carbocycles. The summed E-state index contributed by atoms with van der Waals surface area (Å²) in [4.78, 5) is 134. The van der Waals surface area contributed by atoms with E-state index in [0.29, 0.717) is 30.9 Å². The lowest BCUT2D eigenvalue weighted by Gasteiger charge is -2.32. The summed E-state index contributed by atoms with van der Waals surface area (Å²) >= 11 is 1.18. The minimum Gasteiger partial charge on any atom is -0.480 e. The molecule has 94 heavy (non-hydrogen) atoms. The third kappa shape index (κ3) is 19.2. The molecule has 1 saturated heterocycles. The number of aliphatic carboxylic acids is 1. The molecule has 10 N–H and O–H groups in total. The molecule has 0 saturated carbocycles. The molecule has 2 atom stereocenters. The lowest BCUT2D eigenvalue weighted by atomic mass is 9.94. The number of carbonyl (C=O) groups excluding carboxylic acids is 7. The fourth-order valence-electron chi connectivity index (χ4n) is 10.4. The van der Waals surface area contributed by atoms with Gasteiger partial charge in [0.25, 0.3) is 11.5 Å². The predicted octanol–water partition coefficient (Wildman–Crippen LogP) is 4.44. The molecule has 1 fully saturated rings. The number of likely N-dealkylation sites (tertiary alicyclic amines) is 1. The number of carbonyl (C=O) groups is 8. The van der Waals surface area contributed by atoms with Crippen molar-refractivity contribution in [3.63, 3.8) is 0 Å². The van der Waals surface area contributed by atoms with Crippen LogP contribution in [0.2, 0.25) is 0 Å². The number of imide groups is 1. The van der Waals surface area contributed by atoms with Gasteiger partial charge in [-0.15, -0.1) is 16.9 Å². The van der Waals surface area contributed by atoms with Crippen LogP contribution in [-0.2, 0) is 61.7 Å². The van der Waals surface area contributed by atoms with Gasteiger partial charge in [0.2, 0.25) is 41.4 Å². The van der Waals surface area contributed by atoms with Crippen LogP contribution in [0.4, 0.5) is 17.3 Å². The lowest BCUT2D eigenvalue weighted by Crippen LogP contribution is -2.42. The maximum absolute atomic E-state index is 14.2. The number of aromatic nitrogens is 7. The van der Waals surface area contributed by atoms with Gasteiger partial charge >= 0.3 is 5.97 Å². The van der Waals surface area contributed by atoms with E-state index in [1.807, 2.05) is 80.9 Å². The zero-order valence-electron chi connectivity index (χ0n) is 54.3. The minimum absolute atomic E-state index is 0.0277. The smallest absolute Gasteiger partial charge is 0.326 e. The van der Waals surface area contributed by atoms with E-state index in [0.717, 1.165) is 38.7 Å². The van der Waals surface area contributed by atoms with Crippen LogP contribution in [0.3, 0.4) is 0 Å². The van der Waals surface area contributed by atoms with Crippen LogP contribution in [0.1, 0.15) is 122 Å². The third-order valence-electron chi connectivity index (χ3n) is 15.8. The van der Waals surface area contributed by atoms with Crippen LogP contribution >= 0.6 is 11.8 Å². The number of hydrogen-bond acceptors (Lipinski definition) is 20. The average molecular weight is 1310 g/mol. The second-order valence-corrected chi connectivity index (χ2v) is 26.5. The Labute approximate surface area is 548 Å². The largest absolute Gasteiger partial charge is 0.480 e. The van der Waals surface area contributed by atoms with E-state index in [1.165, 1.54) is 30.1 Å². The summed E-state index contributed by atoms with van der Waals surface area (Å²) < 4.78 is 14.2. The van der Waals surface area contributed by atoms with Crippen LogP contribution in [0, 0.1) is 0 Å². The van der Waals surface area contributed by atoms with Gasteiger partial charge in [-0.3, -0.25) is 48.2 Å². The van der Waals surface area contributed by atoms with Gasteiger partial charge in [0.15, 0.2) is 11.2 Å². The number of thioether (sulfide) groups is 1. The highest BCUT2D eigenvalue weighted by Gasteiger charge is 2.39. The molecule has 502 valence electrons. The van der Waals surface area contributed by atoms with Crippen LogP contribution in [0.15, 0.2) is 83.8 Å². The van der Waals surface area contributed by atoms with Crippen molar-refractivity contribution in [2.45, 2.75) is 147 Å². The molecule has 8 rings (SSSR count). The Kier molecular flexibility index (Phi) is 23.8. The van der Waals surface area contributed by atoms with Gasteiger partial charge in [-0.2, -0.15) is 4.98 Å². The van der Waals surface area contributed by atoms with Crippen molar-refractivity contribution in [3.05, 3.63) is 106 Å². The minimum atomic E-state index is -1.37. The van der Waals surface area contributed by atoms with Crippen molar-refractivity contribution in [1.82, 2.24) is 66.4 Å². The summed E-state index contributed by atoms with van der Waals surface area (Å²) in [5, 5.41) is 36.0. The number of nitrogen functional groups attached to an aromatic ring is 1. The number of benzene rings is 3. The molecular weight excluding hydrogens is 1230 g/mol. The summed E-state index contributed by atoms with van der Waals surface area (Å²) in [6.45, 7) is 17.7. The standard InChI is InChI=1S/C65H84N16O12S/c1-39(2)72-37-63(3,4)81-56-45-15-11-12-16-47(45)80(36-41-13-9-10-14-44(41)54(56)77-78-81)52(85)24-27-67-50(83)23-26-64(5,6)93-38-65(7,8)92-31-28-68-51(84)25-30-79-53(86)33-48(60(79)89)94-32-29-69-49(82)22-21-46(61(90)91)74-58(87)40-17-19-42(20-18-40)70-34-43-35-71-57-55(73-43)59(88)76-62(66)75-57/h9-20,35,39,46,48,70,72H,21-34,36-38H2,1-8H3,(H,67,83)(H,68,84)(H,69,82)(H,74,87)(H,90,91)(H3,66,71,75,76,88). The second kappa shape index (κ2) is 31.6. The second-order valence-electron chi connectivity index (χ2n) is 25.2. The first-order valence-corrected chi connectivity index (χ1v) is 32.3. The van der Waals surface area contributed by atoms with E-state index in [1.54, 1.807) is 17.0 Å². The number of carboxylic acid groups (broad SMARTS) is 1. The van der Waals surface area contributed by atoms with E-state index in [9.17, 15) is 48.3 Å². The van der Waals surface area contributed by atoms with Gasteiger partial charge in [-0.05, 0) is 90.3 Å². The van der Waals surface area contributed by atoms with Gasteiger partial charge in [0.05, 0.1) is 71.6 Å². The van der Waals surface area contributed by atoms with Crippen LogP contribution in [-0.4, -0.2) is 172 Å². The molecule has 29 heteroatoms. The molecule has 6 aromatic rings. The van der Waals surface area contributed by atoms with Crippen molar-refractivity contribution >= 4 is 87.6 Å². The van der Waals surface area contributed by atoms with Crippen molar-refractivity contribution in [2.24, 2.45) is 0 Å². The summed E-state index contributed by atoms with van der Waals surface area (Å²) in [6, 6.07) is 20.8. The monoisotopic (exact) mass is 1310 g/mol. The summed E-state index contributed by atoms with van der Waals surface area (Å²) in [5.74, 6) is -3.86. The van der Waals surface area contributed by atoms with E-state index in [4.69, 9.17) is 25.5 Å². The number of carboxylic acids is 1. The number of fused-ring (bicyclic) bond motifs is 6. The number of nitrogens with two attached hydrogens (primary N) is 1. The molecule has 2 unspecified atom stereocenters. The summed E-state index contributed by atoms with van der Waals surface area (Å²) in [5.41, 5.74) is 9.41. The molecule has 7 amide bonds. The highest BCUT2D eigenvalue weighted by molar-refractivity contribution is 8.00. The van der Waals surface area contributed by atoms with E-state index in [2.05, 4.69) is 79.5 Å². The number of aromatic amines is 1. The van der Waals surface area contributed by atoms with E-state index < -0.39 is 63.2 Å². The van der Waals surface area contributed by atoms with Crippen molar-refractivity contribution < 1.29 is 52.9 Å².